The summed E-state index contributed by atoms with van der Waals surface area (Å²) in [5.74, 6) is 6.49. The fraction of sp³-hybridized carbons (Fsp3) is 0.214. The molecule has 100 valence electrons. The summed E-state index contributed by atoms with van der Waals surface area (Å²) in [6.07, 6.45) is 2.48. The van der Waals surface area contributed by atoms with Gasteiger partial charge in [-0.05, 0) is 34.1 Å². The van der Waals surface area contributed by atoms with Crippen LogP contribution >= 0.6 is 15.9 Å². The molecule has 0 aliphatic heterocycles. The monoisotopic (exact) mass is 321 g/mol. The summed E-state index contributed by atoms with van der Waals surface area (Å²) in [7, 11) is 1.66. The smallest absolute Gasteiger partial charge is 0.123 e. The second-order valence-corrected chi connectivity index (χ2v) is 5.05. The zero-order chi connectivity index (χ0) is 13.7. The quantitative estimate of drug-likeness (QED) is 0.656. The maximum absolute atomic E-state index is 5.66. The third-order valence-electron chi connectivity index (χ3n) is 2.92. The van der Waals surface area contributed by atoms with Gasteiger partial charge in [-0.15, -0.1) is 0 Å². The van der Waals surface area contributed by atoms with Crippen LogP contribution in [0, 0.1) is 0 Å². The molecule has 2 aromatic rings. The summed E-state index contributed by atoms with van der Waals surface area (Å²) in [5, 5.41) is 0. The predicted octanol–water partition coefficient (Wildman–Crippen LogP) is 2.60. The Morgan fingerprint density at radius 2 is 2.11 bits per heavy atom. The molecule has 1 atom stereocenters. The lowest BCUT2D eigenvalue weighted by Crippen LogP contribution is -2.30. The number of rotatable bonds is 5. The Balaban J connectivity index is 2.22. The Bertz CT molecular complexity index is 530. The van der Waals surface area contributed by atoms with Crippen LogP contribution in [-0.4, -0.2) is 12.1 Å². The molecule has 0 amide bonds. The van der Waals surface area contributed by atoms with E-state index in [-0.39, 0.29) is 6.04 Å². The maximum Gasteiger partial charge on any atom is 0.123 e. The highest BCUT2D eigenvalue weighted by Gasteiger charge is 2.15. The number of hydrazine groups is 1. The summed E-state index contributed by atoms with van der Waals surface area (Å²) in [4.78, 5) is 4.36. The number of hydrogen-bond donors (Lipinski definition) is 2. The van der Waals surface area contributed by atoms with Crippen molar-refractivity contribution in [2.45, 2.75) is 12.5 Å². The Morgan fingerprint density at radius 1 is 1.32 bits per heavy atom. The van der Waals surface area contributed by atoms with E-state index in [0.29, 0.717) is 6.42 Å². The van der Waals surface area contributed by atoms with Crippen LogP contribution in [0.15, 0.2) is 47.1 Å². The van der Waals surface area contributed by atoms with E-state index in [1.165, 1.54) is 0 Å². The summed E-state index contributed by atoms with van der Waals surface area (Å²) >= 11 is 3.37. The van der Waals surface area contributed by atoms with Crippen molar-refractivity contribution >= 4 is 15.9 Å². The van der Waals surface area contributed by atoms with Crippen LogP contribution in [0.4, 0.5) is 0 Å². The van der Waals surface area contributed by atoms with Crippen LogP contribution in [-0.2, 0) is 6.42 Å². The van der Waals surface area contributed by atoms with E-state index >= 15 is 0 Å². The third-order valence-corrected chi connectivity index (χ3v) is 3.39. The fourth-order valence-electron chi connectivity index (χ4n) is 1.95. The average Bonchev–Trinajstić information content (AvgIpc) is 2.46. The van der Waals surface area contributed by atoms with Crippen molar-refractivity contribution in [3.05, 3.63) is 58.3 Å². The number of pyridine rings is 1. The van der Waals surface area contributed by atoms with Crippen molar-refractivity contribution in [3.63, 3.8) is 0 Å². The molecule has 19 heavy (non-hydrogen) atoms. The number of aromatic nitrogens is 1. The summed E-state index contributed by atoms with van der Waals surface area (Å²) in [6.45, 7) is 0. The molecule has 4 nitrogen and oxygen atoms in total. The number of halogens is 1. The molecule has 1 unspecified atom stereocenters. The minimum atomic E-state index is -0.0372. The number of nitrogens with two attached hydrogens (primary N) is 1. The molecule has 1 aromatic carbocycles. The number of para-hydroxylation sites is 1. The van der Waals surface area contributed by atoms with Gasteiger partial charge in [-0.2, -0.15) is 0 Å². The lowest BCUT2D eigenvalue weighted by atomic mass is 10.0. The zero-order valence-electron chi connectivity index (χ0n) is 10.6. The SMILES string of the molecule is COc1ccccc1C(Cc1ccc(Br)cn1)NN. The van der Waals surface area contributed by atoms with Gasteiger partial charge in [0.2, 0.25) is 0 Å². The number of benzene rings is 1. The average molecular weight is 322 g/mol. The van der Waals surface area contributed by atoms with Gasteiger partial charge in [0.15, 0.2) is 0 Å². The molecule has 0 radical (unpaired) electrons. The van der Waals surface area contributed by atoms with Gasteiger partial charge in [-0.1, -0.05) is 18.2 Å². The lowest BCUT2D eigenvalue weighted by molar-refractivity contribution is 0.398. The molecule has 1 heterocycles. The van der Waals surface area contributed by atoms with Crippen molar-refractivity contribution in [1.29, 1.82) is 0 Å². The highest BCUT2D eigenvalue weighted by atomic mass is 79.9. The van der Waals surface area contributed by atoms with E-state index in [4.69, 9.17) is 10.6 Å². The van der Waals surface area contributed by atoms with Gasteiger partial charge in [0.25, 0.3) is 0 Å². The number of ether oxygens (including phenoxy) is 1. The molecule has 0 fully saturated rings. The van der Waals surface area contributed by atoms with Gasteiger partial charge >= 0.3 is 0 Å². The van der Waals surface area contributed by atoms with Gasteiger partial charge in [-0.25, -0.2) is 0 Å². The number of hydrogen-bond acceptors (Lipinski definition) is 4. The number of nitrogens with zero attached hydrogens (tertiary/aromatic N) is 1. The molecule has 0 bridgehead atoms. The lowest BCUT2D eigenvalue weighted by Gasteiger charge is -2.18. The van der Waals surface area contributed by atoms with Crippen LogP contribution in [0.1, 0.15) is 17.3 Å². The molecular formula is C14H16BrN3O. The molecule has 0 aliphatic rings. The zero-order valence-corrected chi connectivity index (χ0v) is 12.2. The third kappa shape index (κ3) is 3.53. The van der Waals surface area contributed by atoms with Gasteiger partial charge in [0, 0.05) is 28.3 Å². The fourth-order valence-corrected chi connectivity index (χ4v) is 2.18. The van der Waals surface area contributed by atoms with E-state index in [2.05, 4.69) is 26.3 Å². The summed E-state index contributed by atoms with van der Waals surface area (Å²) in [6, 6.07) is 11.7. The van der Waals surface area contributed by atoms with Crippen molar-refractivity contribution in [3.8, 4) is 5.75 Å². The maximum atomic E-state index is 5.66. The molecule has 1 aromatic heterocycles. The Labute approximate surface area is 121 Å². The van der Waals surface area contributed by atoms with Gasteiger partial charge in [0.05, 0.1) is 13.2 Å². The van der Waals surface area contributed by atoms with Crippen molar-refractivity contribution < 1.29 is 4.74 Å². The van der Waals surface area contributed by atoms with E-state index in [0.717, 1.165) is 21.5 Å². The van der Waals surface area contributed by atoms with Crippen LogP contribution in [0.2, 0.25) is 0 Å². The first-order chi connectivity index (χ1) is 9.24. The second kappa shape index (κ2) is 6.65. The standard InChI is InChI=1S/C14H16BrN3O/c1-19-14-5-3-2-4-12(14)13(18-16)8-11-7-6-10(15)9-17-11/h2-7,9,13,18H,8,16H2,1H3. The normalized spacial score (nSPS) is 12.2. The van der Waals surface area contributed by atoms with E-state index in [1.807, 2.05) is 36.4 Å². The molecule has 0 saturated heterocycles. The number of methoxy groups -OCH3 is 1. The minimum absolute atomic E-state index is 0.0372. The topological polar surface area (TPSA) is 60.2 Å². The van der Waals surface area contributed by atoms with Crippen molar-refractivity contribution in [2.24, 2.45) is 5.84 Å². The Kier molecular flexibility index (Phi) is 4.90. The first-order valence-corrected chi connectivity index (χ1v) is 6.73. The molecule has 0 aliphatic carbocycles. The van der Waals surface area contributed by atoms with E-state index < -0.39 is 0 Å². The largest absolute Gasteiger partial charge is 0.496 e. The highest BCUT2D eigenvalue weighted by Crippen LogP contribution is 2.26. The van der Waals surface area contributed by atoms with Gasteiger partial charge in [-0.3, -0.25) is 16.3 Å². The number of nitrogens with one attached hydrogen (secondary N) is 1. The van der Waals surface area contributed by atoms with Crippen molar-refractivity contribution in [2.75, 3.05) is 7.11 Å². The van der Waals surface area contributed by atoms with E-state index in [9.17, 15) is 0 Å². The van der Waals surface area contributed by atoms with Crippen LogP contribution in [0.3, 0.4) is 0 Å². The first-order valence-electron chi connectivity index (χ1n) is 5.94. The molecule has 0 saturated carbocycles. The summed E-state index contributed by atoms with van der Waals surface area (Å²) in [5.41, 5.74) is 4.82. The van der Waals surface area contributed by atoms with Crippen molar-refractivity contribution in [1.82, 2.24) is 10.4 Å². The Hall–Kier alpha value is -1.43. The molecular weight excluding hydrogens is 306 g/mol. The van der Waals surface area contributed by atoms with Crippen LogP contribution in [0.5, 0.6) is 5.75 Å². The van der Waals surface area contributed by atoms with Gasteiger partial charge < -0.3 is 4.74 Å². The predicted molar refractivity (Wildman–Crippen MR) is 78.7 cm³/mol. The van der Waals surface area contributed by atoms with E-state index in [1.54, 1.807) is 13.3 Å². The molecule has 0 spiro atoms. The Morgan fingerprint density at radius 3 is 2.74 bits per heavy atom. The van der Waals surface area contributed by atoms with Gasteiger partial charge in [0.1, 0.15) is 5.75 Å². The summed E-state index contributed by atoms with van der Waals surface area (Å²) < 4.78 is 6.33. The van der Waals surface area contributed by atoms with Crippen LogP contribution < -0.4 is 16.0 Å². The van der Waals surface area contributed by atoms with Crippen LogP contribution in [0.25, 0.3) is 0 Å². The molecule has 2 rings (SSSR count). The highest BCUT2D eigenvalue weighted by molar-refractivity contribution is 9.10. The first kappa shape index (κ1) is 14.0. The molecule has 3 N–H and O–H groups in total. The molecule has 5 heteroatoms. The minimum Gasteiger partial charge on any atom is -0.496 e. The second-order valence-electron chi connectivity index (χ2n) is 4.13.